The van der Waals surface area contributed by atoms with Crippen molar-refractivity contribution in [3.8, 4) is 46.0 Å². The van der Waals surface area contributed by atoms with Crippen molar-refractivity contribution in [1.29, 1.82) is 0 Å². The Bertz CT molecular complexity index is 3450. The summed E-state index contributed by atoms with van der Waals surface area (Å²) in [5, 5.41) is 4.26. The number of hydrogen-bond acceptors (Lipinski definition) is 13. The molecule has 30 heteroatoms. The van der Waals surface area contributed by atoms with Crippen LogP contribution >= 0.6 is 0 Å². The number of nitrogens with one attached hydrogen (secondary N) is 2. The number of alkyl halides is 12. The van der Waals surface area contributed by atoms with Gasteiger partial charge in [0.1, 0.15) is 45.5 Å². The number of ether oxygens (including phenoxy) is 7. The van der Waals surface area contributed by atoms with Gasteiger partial charge < -0.3 is 49.5 Å². The molecule has 0 saturated heterocycles. The Morgan fingerprint density at radius 3 is 1.26 bits per heavy atom. The van der Waals surface area contributed by atoms with E-state index in [1.54, 1.807) is 0 Å². The number of carbonyl (C=O) groups excluding carboxylic acids is 4. The predicted octanol–water partition coefficient (Wildman–Crippen LogP) is 11.9. The number of nitrogens with zero attached hydrogens (tertiary/aromatic N) is 2. The van der Waals surface area contributed by atoms with Crippen molar-refractivity contribution in [2.45, 2.75) is 38.9 Å². The molecule has 0 unspecified atom stereocenters. The highest BCUT2D eigenvalue weighted by atomic mass is 19.4. The number of amides is 3. The molecule has 0 fully saturated rings. The van der Waals surface area contributed by atoms with Crippen molar-refractivity contribution in [2.75, 3.05) is 31.8 Å². The summed E-state index contributed by atoms with van der Waals surface area (Å²) in [6.45, 7) is 2.75. The Labute approximate surface area is 431 Å². The third kappa shape index (κ3) is 15.0. The van der Waals surface area contributed by atoms with E-state index in [1.807, 2.05) is 0 Å². The molecule has 410 valence electrons. The molecule has 6 aromatic rings. The molecule has 3 amide bonds. The summed E-state index contributed by atoms with van der Waals surface area (Å²) < 4.78 is 262. The molecule has 2 aromatic heterocycles. The van der Waals surface area contributed by atoms with Gasteiger partial charge in [-0.1, -0.05) is 0 Å². The van der Waals surface area contributed by atoms with E-state index in [4.69, 9.17) is 23.4 Å². The maximum Gasteiger partial charge on any atom is 0.573 e. The third-order valence-electron chi connectivity index (χ3n) is 9.59. The number of anilines is 2. The molecular weight excluding hydrogens is 1080 g/mol. The van der Waals surface area contributed by atoms with Crippen LogP contribution in [0, 0.1) is 25.5 Å². The molecule has 0 saturated carbocycles. The average molecular weight is 1120 g/mol. The second-order valence-corrected chi connectivity index (χ2v) is 14.8. The minimum Gasteiger partial charge on any atom is -0.493 e. The van der Waals surface area contributed by atoms with Gasteiger partial charge in [0.15, 0.2) is 34.6 Å². The van der Waals surface area contributed by atoms with E-state index < -0.39 is 143 Å². The van der Waals surface area contributed by atoms with Crippen molar-refractivity contribution in [3.05, 3.63) is 142 Å². The van der Waals surface area contributed by atoms with Crippen LogP contribution in [0.15, 0.2) is 85.2 Å². The molecule has 0 aliphatic rings. The van der Waals surface area contributed by atoms with E-state index in [9.17, 15) is 71.9 Å². The summed E-state index contributed by atoms with van der Waals surface area (Å²) >= 11 is 0. The second kappa shape index (κ2) is 23.2. The number of aromatic nitrogens is 2. The number of primary amides is 1. The quantitative estimate of drug-likeness (QED) is 0.0686. The summed E-state index contributed by atoms with van der Waals surface area (Å²) in [5.41, 5.74) is -1.66. The second-order valence-electron chi connectivity index (χ2n) is 14.8. The molecule has 2 heterocycles. The Hall–Kier alpha value is -9.12. The van der Waals surface area contributed by atoms with Crippen molar-refractivity contribution in [1.82, 2.24) is 9.97 Å². The molecule has 0 radical (unpaired) electrons. The van der Waals surface area contributed by atoms with Crippen LogP contribution in [0.5, 0.6) is 46.0 Å². The molecular formula is C47H33F14N5O11. The van der Waals surface area contributed by atoms with Crippen molar-refractivity contribution >= 4 is 35.1 Å². The minimum absolute atomic E-state index is 0.157. The molecule has 6 rings (SSSR count). The number of hydrogen-bond donors (Lipinski definition) is 3. The standard InChI is InChI=1S/C24H17F7N2O6.C23H16F7N3O5/c1-11-8-14(22(35)37-3)32-10-15(11)33-21(34)19-17(7-5-13(20(19)25)23(26,27)28)38-16-6-4-12(9-18(16)36-2)39-24(29,30)31;1-10-7-13(20(31)34)32-9-14(10)33-21(35)18-16(6-4-12(19(18)24)22(25,26)27)37-15-5-3-11(8-17(15)36-2)38-23(28,29)30/h4-10H,1-3H3,(H,33,34);3-9H,1-2H3,(H2,31,34)(H,33,35)/i2*2D3. The van der Waals surface area contributed by atoms with Crippen LogP contribution in [-0.4, -0.2) is 67.6 Å². The molecule has 4 N–H and O–H groups in total. The molecule has 0 aliphatic heterocycles. The van der Waals surface area contributed by atoms with Gasteiger partial charge in [0.25, 0.3) is 17.7 Å². The number of halogens is 14. The highest BCUT2D eigenvalue weighted by molar-refractivity contribution is 6.08. The zero-order chi connectivity index (χ0) is 62.5. The number of benzene rings is 4. The summed E-state index contributed by atoms with van der Waals surface area (Å²) in [7, 11) is -5.44. The fourth-order valence-electron chi connectivity index (χ4n) is 6.18. The number of rotatable bonds is 14. The first-order valence-corrected chi connectivity index (χ1v) is 20.3. The van der Waals surface area contributed by atoms with Gasteiger partial charge in [0.05, 0.1) is 64.3 Å². The summed E-state index contributed by atoms with van der Waals surface area (Å²) in [6.07, 6.45) is -19.0. The maximum atomic E-state index is 15.2. The van der Waals surface area contributed by atoms with Crippen LogP contribution in [-0.2, 0) is 17.1 Å². The number of esters is 1. The van der Waals surface area contributed by atoms with Gasteiger partial charge in [0, 0.05) is 12.1 Å². The first kappa shape index (κ1) is 50.1. The number of carbonyl (C=O) groups is 4. The van der Waals surface area contributed by atoms with E-state index in [-0.39, 0.29) is 46.0 Å². The smallest absolute Gasteiger partial charge is 0.493 e. The zero-order valence-corrected chi connectivity index (χ0v) is 38.3. The number of pyridine rings is 2. The normalized spacial score (nSPS) is 13.1. The van der Waals surface area contributed by atoms with E-state index >= 15 is 8.78 Å². The highest BCUT2D eigenvalue weighted by Crippen LogP contribution is 2.43. The lowest BCUT2D eigenvalue weighted by molar-refractivity contribution is -0.275. The van der Waals surface area contributed by atoms with Gasteiger partial charge in [-0.25, -0.2) is 23.5 Å². The van der Waals surface area contributed by atoms with Crippen molar-refractivity contribution in [2.24, 2.45) is 5.73 Å². The summed E-state index contributed by atoms with van der Waals surface area (Å²) in [6, 6.07) is 7.40. The SMILES string of the molecule is [2H]C([2H])([2H])Oc1cc(OC(F)(F)F)ccc1Oc1ccc(C(F)(F)F)c(F)c1C(=O)Nc1cnc(C(=O)OC)cc1C.[2H]C([2H])([2H])Oc1cc(OC(F)(F)F)ccc1Oc1ccc(C(F)(F)F)c(F)c1C(=O)Nc1cnc(C(N)=O)cc1C. The number of aryl methyl sites for hydroxylation is 2. The monoisotopic (exact) mass is 1120 g/mol. The summed E-state index contributed by atoms with van der Waals surface area (Å²) in [5.74, 6) is -16.0. The zero-order valence-electron chi connectivity index (χ0n) is 44.3. The van der Waals surface area contributed by atoms with E-state index in [1.165, 1.54) is 19.9 Å². The Morgan fingerprint density at radius 2 is 0.922 bits per heavy atom. The van der Waals surface area contributed by atoms with Gasteiger partial charge in [-0.15, -0.1) is 26.3 Å². The fourth-order valence-corrected chi connectivity index (χ4v) is 6.18. The van der Waals surface area contributed by atoms with Gasteiger partial charge in [-0.2, -0.15) is 26.3 Å². The minimum atomic E-state index is -5.27. The molecule has 4 aromatic carbocycles. The van der Waals surface area contributed by atoms with E-state index in [2.05, 4.69) is 44.3 Å². The molecule has 77 heavy (non-hydrogen) atoms. The van der Waals surface area contributed by atoms with Gasteiger partial charge in [0.2, 0.25) is 0 Å². The number of methoxy groups -OCH3 is 3. The Kier molecular flexibility index (Phi) is 15.1. The average Bonchev–Trinajstić information content (AvgIpc) is 3.54. The van der Waals surface area contributed by atoms with Gasteiger partial charge in [-0.05, 0) is 85.6 Å². The maximum absolute atomic E-state index is 15.2. The van der Waals surface area contributed by atoms with Crippen LogP contribution in [0.3, 0.4) is 0 Å². The first-order chi connectivity index (χ1) is 38.0. The molecule has 0 bridgehead atoms. The van der Waals surface area contributed by atoms with Gasteiger partial charge >= 0.3 is 31.0 Å². The largest absolute Gasteiger partial charge is 0.573 e. The van der Waals surface area contributed by atoms with Crippen molar-refractivity contribution < 1.29 is 122 Å². The van der Waals surface area contributed by atoms with E-state index in [0.29, 0.717) is 48.5 Å². The van der Waals surface area contributed by atoms with Crippen molar-refractivity contribution in [3.63, 3.8) is 0 Å². The van der Waals surface area contributed by atoms with E-state index in [0.717, 1.165) is 25.6 Å². The molecule has 0 aliphatic carbocycles. The highest BCUT2D eigenvalue weighted by Gasteiger charge is 2.40. The predicted molar refractivity (Wildman–Crippen MR) is 236 cm³/mol. The molecule has 0 spiro atoms. The van der Waals surface area contributed by atoms with Gasteiger partial charge in [-0.3, -0.25) is 14.4 Å². The topological polar surface area (TPSA) is 209 Å². The third-order valence-corrected chi connectivity index (χ3v) is 9.59. The lowest BCUT2D eigenvalue weighted by atomic mass is 10.1. The van der Waals surface area contributed by atoms with Crippen LogP contribution in [0.1, 0.15) is 72.2 Å². The van der Waals surface area contributed by atoms with Crippen LogP contribution in [0.25, 0.3) is 0 Å². The lowest BCUT2D eigenvalue weighted by Crippen LogP contribution is -2.20. The Balaban J connectivity index is 0.000000304. The first-order valence-electron chi connectivity index (χ1n) is 23.3. The number of nitrogens with two attached hydrogens (primary N) is 1. The summed E-state index contributed by atoms with van der Waals surface area (Å²) in [4.78, 5) is 56.5. The van der Waals surface area contributed by atoms with Crippen LogP contribution in [0.4, 0.5) is 72.8 Å². The van der Waals surface area contributed by atoms with Crippen LogP contribution < -0.4 is 44.8 Å². The Morgan fingerprint density at radius 1 is 0.545 bits per heavy atom. The van der Waals surface area contributed by atoms with Crippen LogP contribution in [0.2, 0.25) is 0 Å². The molecule has 0 atom stereocenters. The lowest BCUT2D eigenvalue weighted by Gasteiger charge is -2.18. The fraction of sp³-hybridized carbons (Fsp3) is 0.191. The molecule has 16 nitrogen and oxygen atoms in total.